The van der Waals surface area contributed by atoms with Crippen LogP contribution >= 0.6 is 0 Å². The van der Waals surface area contributed by atoms with E-state index in [-0.39, 0.29) is 17.3 Å². The summed E-state index contributed by atoms with van der Waals surface area (Å²) in [5, 5.41) is 8.67. The maximum atomic E-state index is 12.0. The van der Waals surface area contributed by atoms with Crippen LogP contribution in [0.25, 0.3) is 0 Å². The molecule has 86 valence electrons. The summed E-state index contributed by atoms with van der Waals surface area (Å²) in [6, 6.07) is 2.65. The van der Waals surface area contributed by atoms with Gasteiger partial charge in [-0.25, -0.2) is 4.79 Å². The number of furan rings is 1. The molecular weight excluding hydrogens is 212 g/mol. The first-order valence-corrected chi connectivity index (χ1v) is 5.05. The highest BCUT2D eigenvalue weighted by Crippen LogP contribution is 2.29. The highest BCUT2D eigenvalue weighted by Gasteiger charge is 2.40. The highest BCUT2D eigenvalue weighted by molar-refractivity contribution is 6.01. The molecule has 1 N–H and O–H groups in total. The summed E-state index contributed by atoms with van der Waals surface area (Å²) in [5.74, 6) is -1.67. The molecule has 0 aliphatic carbocycles. The van der Waals surface area contributed by atoms with E-state index < -0.39 is 11.6 Å². The van der Waals surface area contributed by atoms with Crippen LogP contribution in [0.4, 0.5) is 0 Å². The van der Waals surface area contributed by atoms with Crippen molar-refractivity contribution in [2.24, 2.45) is 0 Å². The molecule has 16 heavy (non-hydrogen) atoms. The summed E-state index contributed by atoms with van der Waals surface area (Å²) in [6.07, 6.45) is 1.46. The molecule has 0 amide bonds. The minimum atomic E-state index is -1.18. The van der Waals surface area contributed by atoms with Crippen molar-refractivity contribution in [3.8, 4) is 0 Å². The maximum Gasteiger partial charge on any atom is 0.371 e. The van der Waals surface area contributed by atoms with E-state index in [2.05, 4.69) is 0 Å². The lowest BCUT2D eigenvalue weighted by Gasteiger charge is -2.19. The lowest BCUT2D eigenvalue weighted by molar-refractivity contribution is 0.0188. The molecule has 1 atom stereocenters. The second-order valence-corrected chi connectivity index (χ2v) is 3.98. The molecule has 0 saturated carbocycles. The summed E-state index contributed by atoms with van der Waals surface area (Å²) < 4.78 is 10.3. The first-order chi connectivity index (χ1) is 7.53. The largest absolute Gasteiger partial charge is 0.475 e. The molecule has 1 aromatic heterocycles. The predicted molar refractivity (Wildman–Crippen MR) is 53.6 cm³/mol. The van der Waals surface area contributed by atoms with Gasteiger partial charge in [0.1, 0.15) is 5.60 Å². The van der Waals surface area contributed by atoms with Gasteiger partial charge in [-0.3, -0.25) is 4.79 Å². The SMILES string of the molecule is CC1(C(=O)c2ccc(C(=O)O)o2)CCCO1. The minimum absolute atomic E-state index is 0.0433. The van der Waals surface area contributed by atoms with Gasteiger partial charge in [-0.2, -0.15) is 0 Å². The number of carboxylic acids is 1. The summed E-state index contributed by atoms with van der Waals surface area (Å²) in [5.41, 5.74) is -0.867. The smallest absolute Gasteiger partial charge is 0.371 e. The molecule has 5 nitrogen and oxygen atoms in total. The van der Waals surface area contributed by atoms with E-state index in [1.165, 1.54) is 12.1 Å². The molecule has 1 aliphatic rings. The Labute approximate surface area is 92.0 Å². The number of rotatable bonds is 3. The van der Waals surface area contributed by atoms with Crippen LogP contribution in [0.1, 0.15) is 40.9 Å². The second kappa shape index (κ2) is 3.75. The number of ether oxygens (including phenoxy) is 1. The summed E-state index contributed by atoms with van der Waals surface area (Å²) >= 11 is 0. The van der Waals surface area contributed by atoms with E-state index in [1.807, 2.05) is 0 Å². The molecule has 1 aromatic rings. The number of ketones is 1. The van der Waals surface area contributed by atoms with Crippen LogP contribution in [-0.4, -0.2) is 29.1 Å². The Bertz CT molecular complexity index is 425. The van der Waals surface area contributed by atoms with Gasteiger partial charge in [0.2, 0.25) is 11.5 Å². The van der Waals surface area contributed by atoms with E-state index in [0.717, 1.165) is 6.42 Å². The Balaban J connectivity index is 2.23. The Hall–Kier alpha value is -1.62. The zero-order chi connectivity index (χ0) is 11.8. The van der Waals surface area contributed by atoms with E-state index >= 15 is 0 Å². The maximum absolute atomic E-state index is 12.0. The Morgan fingerprint density at radius 1 is 1.38 bits per heavy atom. The van der Waals surface area contributed by atoms with Gasteiger partial charge >= 0.3 is 5.97 Å². The fraction of sp³-hybridized carbons (Fsp3) is 0.455. The lowest BCUT2D eigenvalue weighted by Crippen LogP contribution is -2.34. The van der Waals surface area contributed by atoms with Crippen LogP contribution in [-0.2, 0) is 4.74 Å². The molecule has 1 aliphatic heterocycles. The molecule has 0 spiro atoms. The first-order valence-electron chi connectivity index (χ1n) is 5.05. The van der Waals surface area contributed by atoms with Crippen LogP contribution in [0.15, 0.2) is 16.5 Å². The van der Waals surface area contributed by atoms with Gasteiger partial charge in [0.15, 0.2) is 5.76 Å². The number of carbonyl (C=O) groups excluding carboxylic acids is 1. The van der Waals surface area contributed by atoms with Gasteiger partial charge in [0.05, 0.1) is 0 Å². The normalized spacial score (nSPS) is 24.6. The van der Waals surface area contributed by atoms with Crippen molar-refractivity contribution in [1.29, 1.82) is 0 Å². The number of hydrogen-bond acceptors (Lipinski definition) is 4. The number of aromatic carboxylic acids is 1. The van der Waals surface area contributed by atoms with Crippen LogP contribution < -0.4 is 0 Å². The molecule has 2 heterocycles. The fourth-order valence-electron chi connectivity index (χ4n) is 1.79. The number of carboxylic acid groups (broad SMARTS) is 1. The van der Waals surface area contributed by atoms with Crippen molar-refractivity contribution in [1.82, 2.24) is 0 Å². The van der Waals surface area contributed by atoms with Crippen molar-refractivity contribution in [2.45, 2.75) is 25.4 Å². The van der Waals surface area contributed by atoms with Crippen LogP contribution in [0, 0.1) is 0 Å². The van der Waals surface area contributed by atoms with Gasteiger partial charge in [-0.15, -0.1) is 0 Å². The minimum Gasteiger partial charge on any atom is -0.475 e. The third-order valence-corrected chi connectivity index (χ3v) is 2.74. The summed E-state index contributed by atoms with van der Waals surface area (Å²) in [6.45, 7) is 2.25. The van der Waals surface area contributed by atoms with Crippen molar-refractivity contribution in [3.63, 3.8) is 0 Å². The van der Waals surface area contributed by atoms with Crippen LogP contribution in [0.2, 0.25) is 0 Å². The third-order valence-electron chi connectivity index (χ3n) is 2.74. The third kappa shape index (κ3) is 1.74. The molecule has 5 heteroatoms. The van der Waals surface area contributed by atoms with Crippen molar-refractivity contribution in [2.75, 3.05) is 6.61 Å². The zero-order valence-electron chi connectivity index (χ0n) is 8.86. The van der Waals surface area contributed by atoms with Gasteiger partial charge in [0.25, 0.3) is 0 Å². The number of carbonyl (C=O) groups is 2. The quantitative estimate of drug-likeness (QED) is 0.791. The predicted octanol–water partition coefficient (Wildman–Crippen LogP) is 1.73. The second-order valence-electron chi connectivity index (χ2n) is 3.98. The average Bonchev–Trinajstić information content (AvgIpc) is 2.85. The number of hydrogen-bond donors (Lipinski definition) is 1. The van der Waals surface area contributed by atoms with Crippen molar-refractivity contribution >= 4 is 11.8 Å². The molecule has 0 aromatic carbocycles. The first kappa shape index (κ1) is 10.9. The Morgan fingerprint density at radius 3 is 2.56 bits per heavy atom. The number of Topliss-reactive ketones (excluding diaryl/α,β-unsaturated/α-hetero) is 1. The molecule has 1 saturated heterocycles. The average molecular weight is 224 g/mol. The van der Waals surface area contributed by atoms with Gasteiger partial charge in [-0.1, -0.05) is 0 Å². The topological polar surface area (TPSA) is 76.7 Å². The molecule has 0 radical (unpaired) electrons. The fourth-order valence-corrected chi connectivity index (χ4v) is 1.79. The van der Waals surface area contributed by atoms with Crippen molar-refractivity contribution < 1.29 is 23.8 Å². The van der Waals surface area contributed by atoms with Gasteiger partial charge in [-0.05, 0) is 31.9 Å². The van der Waals surface area contributed by atoms with Gasteiger partial charge < -0.3 is 14.3 Å². The van der Waals surface area contributed by atoms with E-state index in [1.54, 1.807) is 6.92 Å². The Morgan fingerprint density at radius 2 is 2.06 bits per heavy atom. The highest BCUT2D eigenvalue weighted by atomic mass is 16.5. The van der Waals surface area contributed by atoms with Gasteiger partial charge in [0, 0.05) is 6.61 Å². The molecule has 1 unspecified atom stereocenters. The van der Waals surface area contributed by atoms with E-state index in [4.69, 9.17) is 14.3 Å². The van der Waals surface area contributed by atoms with E-state index in [9.17, 15) is 9.59 Å². The molecular formula is C11H12O5. The Kier molecular flexibility index (Phi) is 2.55. The van der Waals surface area contributed by atoms with Crippen LogP contribution in [0.5, 0.6) is 0 Å². The molecule has 2 rings (SSSR count). The zero-order valence-corrected chi connectivity index (χ0v) is 8.86. The van der Waals surface area contributed by atoms with E-state index in [0.29, 0.717) is 13.0 Å². The summed E-state index contributed by atoms with van der Waals surface area (Å²) in [7, 11) is 0. The molecule has 0 bridgehead atoms. The lowest BCUT2D eigenvalue weighted by atomic mass is 9.96. The van der Waals surface area contributed by atoms with Crippen molar-refractivity contribution in [3.05, 3.63) is 23.7 Å². The van der Waals surface area contributed by atoms with Crippen LogP contribution in [0.3, 0.4) is 0 Å². The molecule has 1 fully saturated rings. The monoisotopic (exact) mass is 224 g/mol. The standard InChI is InChI=1S/C11H12O5/c1-11(5-2-6-15-11)9(12)7-3-4-8(16-7)10(13)14/h3-4H,2,5-6H2,1H3,(H,13,14). The summed E-state index contributed by atoms with van der Waals surface area (Å²) in [4.78, 5) is 22.6.